The number of nitrogens with zero attached hydrogens (tertiary/aromatic N) is 1. The maximum atomic E-state index is 11.2. The number of pyridine rings is 1. The van der Waals surface area contributed by atoms with E-state index in [1.54, 1.807) is 18.3 Å². The number of nitrogens with two attached hydrogens (primary N) is 1. The predicted octanol–water partition coefficient (Wildman–Crippen LogP) is 0.230. The molecule has 2 N–H and O–H groups in total. The molecule has 1 saturated heterocycles. The van der Waals surface area contributed by atoms with Crippen molar-refractivity contribution in [2.45, 2.75) is 12.5 Å². The molecule has 2 rings (SSSR count). The van der Waals surface area contributed by atoms with Crippen molar-refractivity contribution < 1.29 is 13.2 Å². The largest absolute Gasteiger partial charge is 0.472 e. The van der Waals surface area contributed by atoms with Crippen LogP contribution in [0.1, 0.15) is 6.42 Å². The third-order valence-corrected chi connectivity index (χ3v) is 4.01. The Hall–Kier alpha value is -1.30. The molecule has 0 amide bonds. The van der Waals surface area contributed by atoms with Gasteiger partial charge in [-0.1, -0.05) is 0 Å². The van der Waals surface area contributed by atoms with E-state index in [0.29, 0.717) is 18.0 Å². The molecule has 2 heterocycles. The van der Waals surface area contributed by atoms with Crippen LogP contribution in [-0.2, 0) is 9.84 Å². The van der Waals surface area contributed by atoms with Gasteiger partial charge in [0.15, 0.2) is 9.84 Å². The van der Waals surface area contributed by atoms with Gasteiger partial charge in [0.2, 0.25) is 5.88 Å². The summed E-state index contributed by atoms with van der Waals surface area (Å²) in [6.07, 6.45) is 1.76. The van der Waals surface area contributed by atoms with Crippen LogP contribution in [0, 0.1) is 0 Å². The lowest BCUT2D eigenvalue weighted by atomic mass is 10.3. The predicted molar refractivity (Wildman–Crippen MR) is 56.3 cm³/mol. The number of aromatic nitrogens is 1. The van der Waals surface area contributed by atoms with Crippen LogP contribution in [0.4, 0.5) is 5.69 Å². The van der Waals surface area contributed by atoms with Gasteiger partial charge in [0.1, 0.15) is 6.10 Å². The number of hydrogen-bond donors (Lipinski definition) is 1. The Morgan fingerprint density at radius 3 is 2.93 bits per heavy atom. The Morgan fingerprint density at radius 1 is 1.53 bits per heavy atom. The number of rotatable bonds is 2. The van der Waals surface area contributed by atoms with Gasteiger partial charge in [0, 0.05) is 6.20 Å². The highest BCUT2D eigenvalue weighted by atomic mass is 32.2. The van der Waals surface area contributed by atoms with Gasteiger partial charge in [-0.3, -0.25) is 0 Å². The fourth-order valence-electron chi connectivity index (χ4n) is 1.51. The summed E-state index contributed by atoms with van der Waals surface area (Å²) in [5.74, 6) is 0.563. The van der Waals surface area contributed by atoms with Gasteiger partial charge in [-0.15, -0.1) is 0 Å². The minimum atomic E-state index is -2.92. The Kier molecular flexibility index (Phi) is 2.52. The molecule has 82 valence electrons. The van der Waals surface area contributed by atoms with Crippen molar-refractivity contribution in [3.8, 4) is 5.88 Å². The van der Waals surface area contributed by atoms with E-state index < -0.39 is 9.84 Å². The first-order valence-electron chi connectivity index (χ1n) is 4.64. The normalized spacial score (nSPS) is 23.9. The van der Waals surface area contributed by atoms with E-state index in [9.17, 15) is 8.42 Å². The molecule has 1 unspecified atom stereocenters. The van der Waals surface area contributed by atoms with E-state index in [2.05, 4.69) is 4.98 Å². The summed E-state index contributed by atoms with van der Waals surface area (Å²) in [5, 5.41) is 0. The molecule has 0 radical (unpaired) electrons. The molecule has 0 aromatic carbocycles. The van der Waals surface area contributed by atoms with Crippen molar-refractivity contribution in [2.24, 2.45) is 0 Å². The van der Waals surface area contributed by atoms with Crippen molar-refractivity contribution in [3.63, 3.8) is 0 Å². The van der Waals surface area contributed by atoms with Gasteiger partial charge < -0.3 is 10.5 Å². The zero-order chi connectivity index (χ0) is 10.9. The van der Waals surface area contributed by atoms with Crippen molar-refractivity contribution in [1.29, 1.82) is 0 Å². The topological polar surface area (TPSA) is 82.3 Å². The zero-order valence-electron chi connectivity index (χ0n) is 8.09. The second kappa shape index (κ2) is 3.69. The molecule has 0 aliphatic carbocycles. The Balaban J connectivity index is 2.08. The molecule has 0 bridgehead atoms. The molecule has 5 nitrogen and oxygen atoms in total. The average molecular weight is 228 g/mol. The van der Waals surface area contributed by atoms with Crippen LogP contribution in [0.5, 0.6) is 5.88 Å². The van der Waals surface area contributed by atoms with Crippen molar-refractivity contribution >= 4 is 15.5 Å². The maximum Gasteiger partial charge on any atom is 0.237 e. The van der Waals surface area contributed by atoms with Gasteiger partial charge in [-0.25, -0.2) is 13.4 Å². The van der Waals surface area contributed by atoms with Gasteiger partial charge >= 0.3 is 0 Å². The average Bonchev–Trinajstić information content (AvgIpc) is 2.50. The van der Waals surface area contributed by atoms with Crippen molar-refractivity contribution in [1.82, 2.24) is 4.98 Å². The van der Waals surface area contributed by atoms with Crippen molar-refractivity contribution in [3.05, 3.63) is 18.3 Å². The minimum absolute atomic E-state index is 0.0585. The molecule has 1 aromatic rings. The summed E-state index contributed by atoms with van der Waals surface area (Å²) in [4.78, 5) is 3.95. The molecule has 0 spiro atoms. The maximum absolute atomic E-state index is 11.2. The number of hydrogen-bond acceptors (Lipinski definition) is 5. The Labute approximate surface area is 88.2 Å². The van der Waals surface area contributed by atoms with Crippen LogP contribution in [0.25, 0.3) is 0 Å². The van der Waals surface area contributed by atoms with Crippen LogP contribution in [-0.4, -0.2) is 31.0 Å². The minimum Gasteiger partial charge on any atom is -0.472 e. The SMILES string of the molecule is Nc1cccnc1OC1CCS(=O)(=O)C1. The third-order valence-electron chi connectivity index (χ3n) is 2.27. The highest BCUT2D eigenvalue weighted by Crippen LogP contribution is 2.22. The second-order valence-electron chi connectivity index (χ2n) is 3.54. The molecule has 0 saturated carbocycles. The standard InChI is InChI=1S/C9H12N2O3S/c10-8-2-1-4-11-9(8)14-7-3-5-15(12,13)6-7/h1-2,4,7H,3,5-6,10H2. The first-order valence-corrected chi connectivity index (χ1v) is 6.46. The third kappa shape index (κ3) is 2.38. The molecular weight excluding hydrogens is 216 g/mol. The quantitative estimate of drug-likeness (QED) is 0.783. The lowest BCUT2D eigenvalue weighted by Crippen LogP contribution is -2.18. The molecule has 1 aliphatic rings. The van der Waals surface area contributed by atoms with Crippen LogP contribution in [0.15, 0.2) is 18.3 Å². The van der Waals surface area contributed by atoms with E-state index >= 15 is 0 Å². The monoisotopic (exact) mass is 228 g/mol. The number of nitrogen functional groups attached to an aromatic ring is 1. The first kappa shape index (κ1) is 10.2. The lowest BCUT2D eigenvalue weighted by Gasteiger charge is -2.11. The molecule has 15 heavy (non-hydrogen) atoms. The van der Waals surface area contributed by atoms with Gasteiger partial charge in [0.25, 0.3) is 0 Å². The molecular formula is C9H12N2O3S. The molecule has 1 fully saturated rings. The van der Waals surface area contributed by atoms with Crippen molar-refractivity contribution in [2.75, 3.05) is 17.2 Å². The van der Waals surface area contributed by atoms with Crippen LogP contribution < -0.4 is 10.5 Å². The summed E-state index contributed by atoms with van der Waals surface area (Å²) >= 11 is 0. The molecule has 1 aliphatic heterocycles. The number of sulfone groups is 1. The summed E-state index contributed by atoms with van der Waals surface area (Å²) in [5.41, 5.74) is 6.06. The highest BCUT2D eigenvalue weighted by molar-refractivity contribution is 7.91. The fraction of sp³-hybridized carbons (Fsp3) is 0.444. The number of anilines is 1. The number of ether oxygens (including phenoxy) is 1. The van der Waals surface area contributed by atoms with E-state index in [-0.39, 0.29) is 17.6 Å². The first-order chi connectivity index (χ1) is 7.07. The van der Waals surface area contributed by atoms with E-state index in [1.165, 1.54) is 0 Å². The summed E-state index contributed by atoms with van der Waals surface area (Å²) in [6.45, 7) is 0. The second-order valence-corrected chi connectivity index (χ2v) is 5.77. The van der Waals surface area contributed by atoms with E-state index in [4.69, 9.17) is 10.5 Å². The van der Waals surface area contributed by atoms with Gasteiger partial charge in [-0.2, -0.15) is 0 Å². The molecule has 1 aromatic heterocycles. The smallest absolute Gasteiger partial charge is 0.237 e. The summed E-state index contributed by atoms with van der Waals surface area (Å²) < 4.78 is 27.8. The van der Waals surface area contributed by atoms with E-state index in [1.807, 2.05) is 0 Å². The van der Waals surface area contributed by atoms with Gasteiger partial charge in [-0.05, 0) is 18.6 Å². The Morgan fingerprint density at radius 2 is 2.33 bits per heavy atom. The van der Waals surface area contributed by atoms with Crippen LogP contribution in [0.2, 0.25) is 0 Å². The summed E-state index contributed by atoms with van der Waals surface area (Å²) in [7, 11) is -2.92. The molecule has 1 atom stereocenters. The van der Waals surface area contributed by atoms with Crippen LogP contribution in [0.3, 0.4) is 0 Å². The molecule has 6 heteroatoms. The fourth-order valence-corrected chi connectivity index (χ4v) is 3.10. The highest BCUT2D eigenvalue weighted by Gasteiger charge is 2.29. The van der Waals surface area contributed by atoms with E-state index in [0.717, 1.165) is 0 Å². The lowest BCUT2D eigenvalue weighted by molar-refractivity contribution is 0.221. The Bertz CT molecular complexity index is 458. The zero-order valence-corrected chi connectivity index (χ0v) is 8.90. The van der Waals surface area contributed by atoms with Crippen LogP contribution >= 0.6 is 0 Å². The van der Waals surface area contributed by atoms with Gasteiger partial charge in [0.05, 0.1) is 17.2 Å². The summed E-state index contributed by atoms with van der Waals surface area (Å²) in [6, 6.07) is 3.37.